The van der Waals surface area contributed by atoms with Crippen molar-refractivity contribution in [1.82, 2.24) is 14.4 Å². The van der Waals surface area contributed by atoms with E-state index in [0.29, 0.717) is 69.3 Å². The monoisotopic (exact) mass is 1110 g/mol. The number of esters is 2. The molecule has 0 radical (unpaired) electrons. The lowest BCUT2D eigenvalue weighted by Crippen LogP contribution is -2.61. The number of aliphatic hydroxyl groups is 4. The van der Waals surface area contributed by atoms with Crippen molar-refractivity contribution in [1.29, 1.82) is 0 Å². The molecule has 444 valence electrons. The number of ether oxygens (including phenoxy) is 8. The van der Waals surface area contributed by atoms with Crippen LogP contribution in [0.2, 0.25) is 0 Å². The van der Waals surface area contributed by atoms with Gasteiger partial charge in [-0.2, -0.15) is 0 Å². The minimum atomic E-state index is -1.86. The first kappa shape index (κ1) is 65.2. The van der Waals surface area contributed by atoms with E-state index in [9.17, 15) is 44.7 Å². The molecule has 0 bridgehead atoms. The number of pyridine rings is 1. The zero-order valence-electron chi connectivity index (χ0n) is 49.1. The topological polar surface area (TPSA) is 255 Å². The fourth-order valence-electron chi connectivity index (χ4n) is 12.1. The largest absolute Gasteiger partial charge is 0.477 e. The van der Waals surface area contributed by atoms with Crippen LogP contribution in [0.15, 0.2) is 29.2 Å². The van der Waals surface area contributed by atoms with Crippen LogP contribution in [-0.4, -0.2) is 196 Å². The summed E-state index contributed by atoms with van der Waals surface area (Å²) in [6.07, 6.45) is -5.08. The summed E-state index contributed by atoms with van der Waals surface area (Å²) in [4.78, 5) is 56.5. The number of carboxylic acid groups (broad SMARTS) is 1. The molecule has 3 fully saturated rings. The molecule has 3 aliphatic rings. The Balaban J connectivity index is 1.29. The van der Waals surface area contributed by atoms with E-state index in [1.807, 2.05) is 63.8 Å². The molecule has 0 amide bonds. The molecule has 3 saturated heterocycles. The van der Waals surface area contributed by atoms with Crippen LogP contribution in [0.25, 0.3) is 10.9 Å². The third-order valence-corrected chi connectivity index (χ3v) is 16.8. The van der Waals surface area contributed by atoms with Crippen molar-refractivity contribution in [3.8, 4) is 0 Å². The lowest BCUT2D eigenvalue weighted by molar-refractivity contribution is -0.318. The minimum absolute atomic E-state index is 0.0537. The highest BCUT2D eigenvalue weighted by Crippen LogP contribution is 2.41. The van der Waals surface area contributed by atoms with E-state index in [2.05, 4.69) is 0 Å². The lowest BCUT2D eigenvalue weighted by Gasteiger charge is -2.49. The average molecular weight is 1110 g/mol. The Morgan fingerprint density at radius 1 is 0.910 bits per heavy atom. The number of aromatic nitrogens is 1. The van der Waals surface area contributed by atoms with Crippen molar-refractivity contribution in [3.63, 3.8) is 0 Å². The van der Waals surface area contributed by atoms with E-state index in [-0.39, 0.29) is 49.3 Å². The number of hydrogen-bond donors (Lipinski definition) is 5. The predicted molar refractivity (Wildman–Crippen MR) is 292 cm³/mol. The zero-order valence-corrected chi connectivity index (χ0v) is 49.1. The number of hydrogen-bond acceptors (Lipinski definition) is 18. The maximum atomic E-state index is 14.6. The van der Waals surface area contributed by atoms with Crippen LogP contribution in [0, 0.1) is 17.8 Å². The van der Waals surface area contributed by atoms with Gasteiger partial charge in [-0.25, -0.2) is 4.79 Å². The molecule has 5 rings (SSSR count). The highest BCUT2D eigenvalue weighted by Gasteiger charge is 2.54. The molecule has 5 N–H and O–H groups in total. The van der Waals surface area contributed by atoms with Crippen LogP contribution in [0.4, 0.5) is 0 Å². The first-order valence-electron chi connectivity index (χ1n) is 28.2. The Kier molecular flexibility index (Phi) is 23.3. The molecular formula is C58H95N3O17. The van der Waals surface area contributed by atoms with Gasteiger partial charge >= 0.3 is 17.9 Å². The number of unbranched alkanes of at least 4 members (excludes halogenated alkanes) is 1. The summed E-state index contributed by atoms with van der Waals surface area (Å²) in [7, 11) is 7.09. The van der Waals surface area contributed by atoms with Crippen molar-refractivity contribution in [2.45, 2.75) is 231 Å². The number of rotatable bonds is 19. The van der Waals surface area contributed by atoms with Gasteiger partial charge in [0, 0.05) is 75.8 Å². The Bertz CT molecular complexity index is 2340. The van der Waals surface area contributed by atoms with Crippen LogP contribution in [0.3, 0.4) is 0 Å². The maximum Gasteiger partial charge on any atom is 0.341 e. The molecule has 0 aliphatic carbocycles. The van der Waals surface area contributed by atoms with Crippen molar-refractivity contribution in [2.75, 3.05) is 48.0 Å². The SMILES string of the molecule is CC[C@H]1OC(=O)[C@H](C)[C@@H](O[C@H]2C[C@@](C)(OC)[C@@H](OC(=O)CCCCOCCCc3ccc4c(c3)c(=O)c(C(=O)O)cn4CC)[C@H](C)O2)[C@H](C)[C@@H](O[C@@H]2O[C@H](C)C[C@H](N(C)C)[C@H]2O)[C@](C)(O)C[C@@H](C)CN(C)[C@H](C)[C@@H](O)[C@]1(C)O. The van der Waals surface area contributed by atoms with E-state index in [4.69, 9.17) is 37.9 Å². The number of carboxylic acids is 1. The molecular weight excluding hydrogens is 1010 g/mol. The first-order valence-corrected chi connectivity index (χ1v) is 28.2. The quantitative estimate of drug-likeness (QED) is 0.0883. The zero-order chi connectivity index (χ0) is 58.2. The fourth-order valence-corrected chi connectivity index (χ4v) is 12.1. The molecule has 4 heterocycles. The minimum Gasteiger partial charge on any atom is -0.477 e. The molecule has 2 aromatic rings. The van der Waals surface area contributed by atoms with Gasteiger partial charge in [-0.05, 0) is 145 Å². The van der Waals surface area contributed by atoms with Gasteiger partial charge in [0.25, 0.3) is 0 Å². The smallest absolute Gasteiger partial charge is 0.341 e. The highest BCUT2D eigenvalue weighted by atomic mass is 16.7. The summed E-state index contributed by atoms with van der Waals surface area (Å²) < 4.78 is 52.5. The molecule has 20 heteroatoms. The summed E-state index contributed by atoms with van der Waals surface area (Å²) >= 11 is 0. The summed E-state index contributed by atoms with van der Waals surface area (Å²) in [5.74, 6) is -4.56. The Morgan fingerprint density at radius 3 is 2.22 bits per heavy atom. The Morgan fingerprint density at radius 2 is 1.59 bits per heavy atom. The van der Waals surface area contributed by atoms with E-state index < -0.39 is 113 Å². The average Bonchev–Trinajstić information content (AvgIpc) is 3.40. The number of nitrogens with zero attached hydrogens (tertiary/aromatic N) is 3. The molecule has 1 aromatic carbocycles. The number of aryl methyl sites for hydroxylation is 2. The standard InChI is InChI=1S/C58H95N3O17/c1-16-44-58(11,70)50(65)37(7)60(14)31-33(3)29-56(9,69)51(78-55-48(64)43(59(12)13)27-34(4)73-55)35(5)49(36(6)54(68)75-44)77-46-30-57(10,71-15)52(38(8)74-46)76-45(62)22-18-19-25-72-26-20-21-39-23-24-42-40(28-39)47(63)41(53(66)67)32-61(42)17-2/h23-24,28,32-38,43-44,46,48-52,55,64-65,69-70H,16-22,25-27,29-31H2,1-15H3,(H,66,67)/t33-,34-,35+,36-,37-,38+,43+,44-,46+,48-,49+,50-,51-,52+,55+,56-,57-,58-/m1/s1. The van der Waals surface area contributed by atoms with Crippen LogP contribution in [0.5, 0.6) is 0 Å². The normalized spacial score (nSPS) is 36.9. The molecule has 0 unspecified atom stereocenters. The first-order chi connectivity index (χ1) is 36.5. The molecule has 20 nitrogen and oxygen atoms in total. The second-order valence-electron chi connectivity index (χ2n) is 23.6. The Hall–Kier alpha value is -3.64. The summed E-state index contributed by atoms with van der Waals surface area (Å²) in [6, 6.07) is 4.63. The van der Waals surface area contributed by atoms with Gasteiger partial charge in [0.2, 0.25) is 5.43 Å². The van der Waals surface area contributed by atoms with Crippen molar-refractivity contribution in [2.24, 2.45) is 17.8 Å². The summed E-state index contributed by atoms with van der Waals surface area (Å²) in [6.45, 7) is 21.2. The second kappa shape index (κ2) is 27.9. The number of methoxy groups -OCH3 is 1. The van der Waals surface area contributed by atoms with Crippen molar-refractivity contribution < 1.29 is 77.8 Å². The summed E-state index contributed by atoms with van der Waals surface area (Å²) in [5, 5.41) is 58.0. The van der Waals surface area contributed by atoms with Gasteiger partial charge in [-0.3, -0.25) is 14.4 Å². The number of aromatic carboxylic acids is 1. The van der Waals surface area contributed by atoms with Crippen molar-refractivity contribution in [3.05, 3.63) is 45.7 Å². The van der Waals surface area contributed by atoms with Gasteiger partial charge in [0.1, 0.15) is 35.1 Å². The third-order valence-electron chi connectivity index (χ3n) is 16.8. The van der Waals surface area contributed by atoms with Gasteiger partial charge in [-0.15, -0.1) is 0 Å². The number of benzene rings is 1. The number of carbonyl (C=O) groups is 3. The molecule has 0 saturated carbocycles. The van der Waals surface area contributed by atoms with Crippen molar-refractivity contribution >= 4 is 28.8 Å². The predicted octanol–water partition coefficient (Wildman–Crippen LogP) is 5.30. The number of fused-ring (bicyclic) bond motifs is 1. The fraction of sp³-hybridized carbons (Fsp3) is 0.793. The number of cyclic esters (lactones) is 1. The maximum absolute atomic E-state index is 14.6. The third kappa shape index (κ3) is 15.7. The molecule has 3 aliphatic heterocycles. The van der Waals surface area contributed by atoms with E-state index >= 15 is 0 Å². The van der Waals surface area contributed by atoms with Crippen LogP contribution in [0.1, 0.15) is 143 Å². The van der Waals surface area contributed by atoms with Gasteiger partial charge in [0.05, 0.1) is 41.5 Å². The number of likely N-dealkylation sites (N-methyl/N-ethyl adjacent to an activating group) is 2. The lowest BCUT2D eigenvalue weighted by atomic mass is 9.77. The van der Waals surface area contributed by atoms with E-state index in [0.717, 1.165) is 5.56 Å². The highest BCUT2D eigenvalue weighted by molar-refractivity contribution is 5.92. The number of carbonyl (C=O) groups excluding carboxylic acids is 2. The van der Waals surface area contributed by atoms with E-state index in [1.54, 1.807) is 59.1 Å². The second-order valence-corrected chi connectivity index (χ2v) is 23.6. The molecule has 18 atom stereocenters. The van der Waals surface area contributed by atoms with Crippen LogP contribution in [-0.2, 0) is 60.4 Å². The van der Waals surface area contributed by atoms with Gasteiger partial charge in [-0.1, -0.05) is 26.8 Å². The number of aliphatic hydroxyl groups excluding tert-OH is 2. The molecule has 78 heavy (non-hydrogen) atoms. The van der Waals surface area contributed by atoms with Crippen LogP contribution >= 0.6 is 0 Å². The van der Waals surface area contributed by atoms with Gasteiger partial charge in [0.15, 0.2) is 18.7 Å². The van der Waals surface area contributed by atoms with E-state index in [1.165, 1.54) is 20.2 Å². The molecule has 1 aromatic heterocycles. The summed E-state index contributed by atoms with van der Waals surface area (Å²) in [5.41, 5.74) is -3.81. The Labute approximate surface area is 461 Å². The van der Waals surface area contributed by atoms with Gasteiger partial charge < -0.3 is 77.8 Å². The van der Waals surface area contributed by atoms with Crippen LogP contribution < -0.4 is 5.43 Å². The molecule has 0 spiro atoms.